The summed E-state index contributed by atoms with van der Waals surface area (Å²) in [4.78, 5) is 4.24. The molecule has 0 aliphatic heterocycles. The first kappa shape index (κ1) is 10.5. The lowest BCUT2D eigenvalue weighted by Crippen LogP contribution is -2.43. The third-order valence-corrected chi connectivity index (χ3v) is 3.69. The van der Waals surface area contributed by atoms with E-state index in [2.05, 4.69) is 35.3 Å². The number of rotatable bonds is 2. The molecule has 2 aromatic rings. The summed E-state index contributed by atoms with van der Waals surface area (Å²) < 4.78 is 0. The fourth-order valence-electron chi connectivity index (χ4n) is 2.50. The second kappa shape index (κ2) is 3.97. The lowest BCUT2D eigenvalue weighted by Gasteiger charge is -2.39. The average molecular weight is 224 g/mol. The molecule has 2 N–H and O–H groups in total. The largest absolute Gasteiger partial charge is 0.321 e. The minimum absolute atomic E-state index is 0.131. The molecule has 1 heterocycles. The third-order valence-electron chi connectivity index (χ3n) is 3.69. The minimum atomic E-state index is -0.131. The molecule has 86 valence electrons. The van der Waals surface area contributed by atoms with Crippen molar-refractivity contribution in [2.24, 2.45) is 5.73 Å². The van der Waals surface area contributed by atoms with Gasteiger partial charge in [0.2, 0.25) is 0 Å². The number of aromatic nitrogens is 1. The van der Waals surface area contributed by atoms with Gasteiger partial charge in [0.05, 0.1) is 0 Å². The van der Waals surface area contributed by atoms with Crippen LogP contribution in [0.15, 0.2) is 48.8 Å². The Balaban J connectivity index is 2.11. The summed E-state index contributed by atoms with van der Waals surface area (Å²) in [7, 11) is 0. The molecule has 0 saturated heterocycles. The van der Waals surface area contributed by atoms with E-state index in [0.717, 1.165) is 12.8 Å². The van der Waals surface area contributed by atoms with Gasteiger partial charge in [0.1, 0.15) is 0 Å². The molecule has 0 unspecified atom stereocenters. The van der Waals surface area contributed by atoms with E-state index >= 15 is 0 Å². The van der Waals surface area contributed by atoms with Gasteiger partial charge in [0.25, 0.3) is 0 Å². The van der Waals surface area contributed by atoms with E-state index < -0.39 is 0 Å². The summed E-state index contributed by atoms with van der Waals surface area (Å²) in [6, 6.07) is 12.4. The predicted molar refractivity (Wildman–Crippen MR) is 69.4 cm³/mol. The van der Waals surface area contributed by atoms with Crippen LogP contribution < -0.4 is 5.73 Å². The summed E-state index contributed by atoms with van der Waals surface area (Å²) >= 11 is 0. The molecule has 0 spiro atoms. The highest BCUT2D eigenvalue weighted by molar-refractivity contribution is 5.67. The first-order valence-corrected chi connectivity index (χ1v) is 6.08. The lowest BCUT2D eigenvalue weighted by molar-refractivity contribution is 0.254. The van der Waals surface area contributed by atoms with Gasteiger partial charge in [-0.2, -0.15) is 0 Å². The van der Waals surface area contributed by atoms with Gasteiger partial charge in [-0.05, 0) is 36.5 Å². The first-order valence-electron chi connectivity index (χ1n) is 6.08. The van der Waals surface area contributed by atoms with Crippen LogP contribution >= 0.6 is 0 Å². The van der Waals surface area contributed by atoms with Crippen molar-refractivity contribution in [3.05, 3.63) is 54.4 Å². The molecule has 0 radical (unpaired) electrons. The summed E-state index contributed by atoms with van der Waals surface area (Å²) in [6.45, 7) is 0. The summed E-state index contributed by atoms with van der Waals surface area (Å²) in [5.74, 6) is 0. The van der Waals surface area contributed by atoms with Crippen LogP contribution in [0.4, 0.5) is 0 Å². The van der Waals surface area contributed by atoms with Gasteiger partial charge in [0, 0.05) is 23.5 Å². The number of hydrogen-bond donors (Lipinski definition) is 1. The van der Waals surface area contributed by atoms with Crippen molar-refractivity contribution < 1.29 is 0 Å². The van der Waals surface area contributed by atoms with Gasteiger partial charge >= 0.3 is 0 Å². The molecule has 17 heavy (non-hydrogen) atoms. The number of nitrogens with two attached hydrogens (primary N) is 1. The number of pyridine rings is 1. The fraction of sp³-hybridized carbons (Fsp3) is 0.267. The van der Waals surface area contributed by atoms with E-state index in [9.17, 15) is 0 Å². The van der Waals surface area contributed by atoms with E-state index in [1.165, 1.54) is 23.1 Å². The Morgan fingerprint density at radius 1 is 1.06 bits per heavy atom. The average Bonchev–Trinajstić information content (AvgIpc) is 2.37. The minimum Gasteiger partial charge on any atom is -0.321 e. The summed E-state index contributed by atoms with van der Waals surface area (Å²) in [5.41, 5.74) is 9.92. The lowest BCUT2D eigenvalue weighted by atomic mass is 9.71. The highest BCUT2D eigenvalue weighted by Gasteiger charge is 2.36. The second-order valence-electron chi connectivity index (χ2n) is 4.80. The number of benzene rings is 1. The van der Waals surface area contributed by atoms with Gasteiger partial charge < -0.3 is 5.73 Å². The molecule has 3 rings (SSSR count). The van der Waals surface area contributed by atoms with Crippen LogP contribution in [-0.2, 0) is 5.54 Å². The van der Waals surface area contributed by atoms with Gasteiger partial charge in [-0.25, -0.2) is 0 Å². The molecule has 1 aliphatic rings. The molecule has 1 aromatic carbocycles. The van der Waals surface area contributed by atoms with Crippen LogP contribution in [0.2, 0.25) is 0 Å². The maximum absolute atomic E-state index is 6.43. The van der Waals surface area contributed by atoms with E-state index in [1.54, 1.807) is 0 Å². The van der Waals surface area contributed by atoms with Crippen molar-refractivity contribution in [1.29, 1.82) is 0 Å². The molecular weight excluding hydrogens is 208 g/mol. The topological polar surface area (TPSA) is 38.9 Å². The maximum Gasteiger partial charge on any atom is 0.0417 e. The number of nitrogens with zero attached hydrogens (tertiary/aromatic N) is 1. The van der Waals surface area contributed by atoms with Gasteiger partial charge in [-0.3, -0.25) is 4.98 Å². The smallest absolute Gasteiger partial charge is 0.0417 e. The Morgan fingerprint density at radius 2 is 1.82 bits per heavy atom. The van der Waals surface area contributed by atoms with E-state index in [0.29, 0.717) is 0 Å². The monoisotopic (exact) mass is 224 g/mol. The zero-order valence-corrected chi connectivity index (χ0v) is 9.76. The fourth-order valence-corrected chi connectivity index (χ4v) is 2.50. The maximum atomic E-state index is 6.43. The normalized spacial score (nSPS) is 17.5. The molecule has 1 fully saturated rings. The molecule has 1 saturated carbocycles. The van der Waals surface area contributed by atoms with Crippen molar-refractivity contribution in [1.82, 2.24) is 4.98 Å². The molecule has 0 atom stereocenters. The quantitative estimate of drug-likeness (QED) is 0.851. The van der Waals surface area contributed by atoms with Gasteiger partial charge in [-0.15, -0.1) is 0 Å². The van der Waals surface area contributed by atoms with Crippen LogP contribution in [0, 0.1) is 0 Å². The van der Waals surface area contributed by atoms with Gasteiger partial charge in [-0.1, -0.05) is 30.3 Å². The van der Waals surface area contributed by atoms with Crippen LogP contribution in [0.25, 0.3) is 11.1 Å². The van der Waals surface area contributed by atoms with Crippen molar-refractivity contribution in [2.75, 3.05) is 0 Å². The zero-order chi connectivity index (χ0) is 11.7. The number of hydrogen-bond acceptors (Lipinski definition) is 2. The van der Waals surface area contributed by atoms with Crippen molar-refractivity contribution in [3.8, 4) is 11.1 Å². The Hall–Kier alpha value is -1.67. The van der Waals surface area contributed by atoms with E-state index in [4.69, 9.17) is 5.73 Å². The standard InChI is InChI=1S/C15H16N2/c16-15(8-4-9-15)14-7-10-17-11-13(14)12-5-2-1-3-6-12/h1-3,5-7,10-11H,4,8-9,16H2. The molecule has 1 aliphatic carbocycles. The van der Waals surface area contributed by atoms with Crippen LogP contribution in [0.1, 0.15) is 24.8 Å². The van der Waals surface area contributed by atoms with Crippen LogP contribution in [0.5, 0.6) is 0 Å². The molecule has 1 aromatic heterocycles. The van der Waals surface area contributed by atoms with Crippen LogP contribution in [-0.4, -0.2) is 4.98 Å². The Kier molecular flexibility index (Phi) is 2.45. The molecule has 0 amide bonds. The van der Waals surface area contributed by atoms with Crippen LogP contribution in [0.3, 0.4) is 0 Å². The summed E-state index contributed by atoms with van der Waals surface area (Å²) in [5, 5.41) is 0. The van der Waals surface area contributed by atoms with Crippen molar-refractivity contribution in [2.45, 2.75) is 24.8 Å². The highest BCUT2D eigenvalue weighted by Crippen LogP contribution is 2.42. The van der Waals surface area contributed by atoms with Gasteiger partial charge in [0.15, 0.2) is 0 Å². The molecular formula is C15H16N2. The SMILES string of the molecule is NC1(c2ccncc2-c2ccccc2)CCC1. The van der Waals surface area contributed by atoms with Crippen molar-refractivity contribution >= 4 is 0 Å². The van der Waals surface area contributed by atoms with Crippen molar-refractivity contribution in [3.63, 3.8) is 0 Å². The second-order valence-corrected chi connectivity index (χ2v) is 4.80. The Labute approximate surface area is 102 Å². The van der Waals surface area contributed by atoms with E-state index in [-0.39, 0.29) is 5.54 Å². The third kappa shape index (κ3) is 1.75. The Bertz CT molecular complexity index is 515. The molecule has 2 heteroatoms. The highest BCUT2D eigenvalue weighted by atomic mass is 14.8. The first-order chi connectivity index (χ1) is 8.30. The van der Waals surface area contributed by atoms with E-state index in [1.807, 2.05) is 18.5 Å². The Morgan fingerprint density at radius 3 is 2.47 bits per heavy atom. The predicted octanol–water partition coefficient (Wildman–Crippen LogP) is 3.09. The zero-order valence-electron chi connectivity index (χ0n) is 9.76. The molecule has 0 bridgehead atoms. The summed E-state index contributed by atoms with van der Waals surface area (Å²) in [6.07, 6.45) is 7.16. The molecule has 2 nitrogen and oxygen atoms in total.